The maximum absolute atomic E-state index is 11.9. The third-order valence-corrected chi connectivity index (χ3v) is 3.35. The minimum absolute atomic E-state index is 0.00113. The van der Waals surface area contributed by atoms with Gasteiger partial charge >= 0.3 is 0 Å². The van der Waals surface area contributed by atoms with E-state index in [0.717, 1.165) is 5.56 Å². The highest BCUT2D eigenvalue weighted by Gasteiger charge is 2.23. The zero-order valence-electron chi connectivity index (χ0n) is 10.5. The summed E-state index contributed by atoms with van der Waals surface area (Å²) in [5.74, 6) is -0.0464. The average Bonchev–Trinajstić information content (AvgIpc) is 2.76. The van der Waals surface area contributed by atoms with E-state index in [1.165, 1.54) is 0 Å². The van der Waals surface area contributed by atoms with Crippen molar-refractivity contribution in [2.45, 2.75) is 31.9 Å². The fraction of sp³-hybridized carbons (Fsp3) is 0.400. The first-order valence-electron chi connectivity index (χ1n) is 6.36. The Kier molecular flexibility index (Phi) is 4.15. The van der Waals surface area contributed by atoms with Crippen molar-refractivity contribution in [3.8, 4) is 0 Å². The molecule has 0 heterocycles. The standard InChI is InChI=1S/C15H19NO2/c1-11(12-6-3-2-4-7-12)16-15(18)10-13-8-5-9-14(13)17/h2-8,11,13-14,17H,9-10H2,1H3,(H,16,18)/t11-,13-,14-/m1/s1. The van der Waals surface area contributed by atoms with Crippen LogP contribution in [-0.4, -0.2) is 17.1 Å². The molecule has 2 rings (SSSR count). The molecule has 3 atom stereocenters. The number of nitrogens with one attached hydrogen (secondary N) is 1. The first-order chi connectivity index (χ1) is 8.66. The summed E-state index contributed by atoms with van der Waals surface area (Å²) < 4.78 is 0. The fourth-order valence-corrected chi connectivity index (χ4v) is 2.24. The maximum Gasteiger partial charge on any atom is 0.221 e. The summed E-state index contributed by atoms with van der Waals surface area (Å²) in [5.41, 5.74) is 1.09. The summed E-state index contributed by atoms with van der Waals surface area (Å²) in [6.07, 6.45) is 4.48. The molecule has 1 aromatic carbocycles. The normalized spacial score (nSPS) is 23.9. The van der Waals surface area contributed by atoms with Crippen LogP contribution in [0.5, 0.6) is 0 Å². The monoisotopic (exact) mass is 245 g/mol. The van der Waals surface area contributed by atoms with Crippen LogP contribution in [0.2, 0.25) is 0 Å². The second-order valence-corrected chi connectivity index (χ2v) is 4.80. The molecule has 0 spiro atoms. The van der Waals surface area contributed by atoms with Crippen LogP contribution in [0.15, 0.2) is 42.5 Å². The molecule has 1 aliphatic rings. The molecule has 0 unspecified atom stereocenters. The van der Waals surface area contributed by atoms with Crippen LogP contribution >= 0.6 is 0 Å². The van der Waals surface area contributed by atoms with Crippen molar-refractivity contribution >= 4 is 5.91 Å². The van der Waals surface area contributed by atoms with Crippen LogP contribution in [-0.2, 0) is 4.79 Å². The Morgan fingerprint density at radius 2 is 2.17 bits per heavy atom. The Labute approximate surface area is 108 Å². The fourth-order valence-electron chi connectivity index (χ4n) is 2.24. The molecule has 0 saturated heterocycles. The number of aliphatic hydroxyl groups is 1. The minimum atomic E-state index is -0.400. The highest BCUT2D eigenvalue weighted by Crippen LogP contribution is 2.21. The summed E-state index contributed by atoms with van der Waals surface area (Å²) in [4.78, 5) is 11.9. The molecule has 0 aromatic heterocycles. The first kappa shape index (κ1) is 12.8. The van der Waals surface area contributed by atoms with E-state index >= 15 is 0 Å². The summed E-state index contributed by atoms with van der Waals surface area (Å²) >= 11 is 0. The lowest BCUT2D eigenvalue weighted by Gasteiger charge is -2.17. The van der Waals surface area contributed by atoms with Gasteiger partial charge in [0.2, 0.25) is 5.91 Å². The van der Waals surface area contributed by atoms with Crippen LogP contribution in [0.1, 0.15) is 31.4 Å². The quantitative estimate of drug-likeness (QED) is 0.799. The van der Waals surface area contributed by atoms with E-state index in [-0.39, 0.29) is 17.9 Å². The average molecular weight is 245 g/mol. The molecule has 0 bridgehead atoms. The lowest BCUT2D eigenvalue weighted by molar-refractivity contribution is -0.123. The second kappa shape index (κ2) is 5.83. The lowest BCUT2D eigenvalue weighted by atomic mass is 10.0. The number of hydrogen-bond acceptors (Lipinski definition) is 2. The topological polar surface area (TPSA) is 49.3 Å². The van der Waals surface area contributed by atoms with Gasteiger partial charge in [0.05, 0.1) is 12.1 Å². The number of benzene rings is 1. The third-order valence-electron chi connectivity index (χ3n) is 3.35. The number of hydrogen-bond donors (Lipinski definition) is 2. The van der Waals surface area contributed by atoms with Crippen molar-refractivity contribution in [3.63, 3.8) is 0 Å². The van der Waals surface area contributed by atoms with Crippen LogP contribution < -0.4 is 5.32 Å². The number of aliphatic hydroxyl groups excluding tert-OH is 1. The van der Waals surface area contributed by atoms with Gasteiger partial charge in [0, 0.05) is 12.3 Å². The molecule has 0 aliphatic heterocycles. The van der Waals surface area contributed by atoms with Crippen LogP contribution in [0.4, 0.5) is 0 Å². The molecule has 96 valence electrons. The molecule has 1 amide bonds. The summed E-state index contributed by atoms with van der Waals surface area (Å²) in [7, 11) is 0. The molecular weight excluding hydrogens is 226 g/mol. The van der Waals surface area contributed by atoms with Crippen LogP contribution in [0.3, 0.4) is 0 Å². The zero-order chi connectivity index (χ0) is 13.0. The maximum atomic E-state index is 11.9. The van der Waals surface area contributed by atoms with Crippen LogP contribution in [0, 0.1) is 5.92 Å². The highest BCUT2D eigenvalue weighted by atomic mass is 16.3. The number of rotatable bonds is 4. The van der Waals surface area contributed by atoms with Crippen molar-refractivity contribution in [1.82, 2.24) is 5.32 Å². The first-order valence-corrected chi connectivity index (χ1v) is 6.36. The molecule has 2 N–H and O–H groups in total. The van der Waals surface area contributed by atoms with Crippen molar-refractivity contribution in [1.29, 1.82) is 0 Å². The van der Waals surface area contributed by atoms with Gasteiger partial charge in [0.25, 0.3) is 0 Å². The van der Waals surface area contributed by atoms with Gasteiger partial charge in [-0.25, -0.2) is 0 Å². The molecule has 0 saturated carbocycles. The zero-order valence-corrected chi connectivity index (χ0v) is 10.5. The van der Waals surface area contributed by atoms with E-state index < -0.39 is 6.10 Å². The number of carbonyl (C=O) groups is 1. The molecular formula is C15H19NO2. The summed E-state index contributed by atoms with van der Waals surface area (Å²) in [6, 6.07) is 9.87. The van der Waals surface area contributed by atoms with Crippen molar-refractivity contribution < 1.29 is 9.90 Å². The minimum Gasteiger partial charge on any atom is -0.392 e. The predicted molar refractivity (Wildman–Crippen MR) is 70.9 cm³/mol. The smallest absolute Gasteiger partial charge is 0.221 e. The van der Waals surface area contributed by atoms with E-state index in [9.17, 15) is 9.90 Å². The van der Waals surface area contributed by atoms with E-state index in [4.69, 9.17) is 0 Å². The van der Waals surface area contributed by atoms with Gasteiger partial charge in [-0.2, -0.15) is 0 Å². The lowest BCUT2D eigenvalue weighted by Crippen LogP contribution is -2.30. The van der Waals surface area contributed by atoms with E-state index in [0.29, 0.717) is 12.8 Å². The molecule has 0 radical (unpaired) electrons. The van der Waals surface area contributed by atoms with E-state index in [1.807, 2.05) is 49.4 Å². The molecule has 1 aromatic rings. The van der Waals surface area contributed by atoms with Gasteiger partial charge in [-0.1, -0.05) is 42.5 Å². The van der Waals surface area contributed by atoms with Gasteiger partial charge < -0.3 is 10.4 Å². The van der Waals surface area contributed by atoms with E-state index in [1.54, 1.807) is 0 Å². The molecule has 3 heteroatoms. The SMILES string of the molecule is C[C@@H](NC(=O)C[C@H]1C=CC[C@H]1O)c1ccccc1. The van der Waals surface area contributed by atoms with Gasteiger partial charge in [-0.15, -0.1) is 0 Å². The Hall–Kier alpha value is -1.61. The third kappa shape index (κ3) is 3.20. The summed E-state index contributed by atoms with van der Waals surface area (Å²) in [6.45, 7) is 1.97. The second-order valence-electron chi connectivity index (χ2n) is 4.80. The van der Waals surface area contributed by atoms with Gasteiger partial charge in [-0.3, -0.25) is 4.79 Å². The molecule has 18 heavy (non-hydrogen) atoms. The van der Waals surface area contributed by atoms with Gasteiger partial charge in [-0.05, 0) is 18.9 Å². The predicted octanol–water partition coefficient (Wildman–Crippen LogP) is 2.19. The Morgan fingerprint density at radius 1 is 1.44 bits per heavy atom. The Morgan fingerprint density at radius 3 is 2.78 bits per heavy atom. The molecule has 1 aliphatic carbocycles. The Bertz CT molecular complexity index is 427. The van der Waals surface area contributed by atoms with Gasteiger partial charge in [0.1, 0.15) is 0 Å². The largest absolute Gasteiger partial charge is 0.392 e. The molecule has 0 fully saturated rings. The van der Waals surface area contributed by atoms with Crippen molar-refractivity contribution in [2.75, 3.05) is 0 Å². The Balaban J connectivity index is 1.86. The highest BCUT2D eigenvalue weighted by molar-refractivity contribution is 5.77. The van der Waals surface area contributed by atoms with Crippen molar-refractivity contribution in [3.05, 3.63) is 48.0 Å². The van der Waals surface area contributed by atoms with E-state index in [2.05, 4.69) is 5.32 Å². The van der Waals surface area contributed by atoms with Gasteiger partial charge in [0.15, 0.2) is 0 Å². The molecule has 3 nitrogen and oxygen atoms in total. The number of carbonyl (C=O) groups excluding carboxylic acids is 1. The van der Waals surface area contributed by atoms with Crippen LogP contribution in [0.25, 0.3) is 0 Å². The van der Waals surface area contributed by atoms with Crippen molar-refractivity contribution in [2.24, 2.45) is 5.92 Å². The number of amides is 1. The summed E-state index contributed by atoms with van der Waals surface area (Å²) in [5, 5.41) is 12.6.